The molecule has 1 aliphatic carbocycles. The largest absolute Gasteiger partial charge is 0.450 e. The van der Waals surface area contributed by atoms with E-state index < -0.39 is 29.2 Å². The summed E-state index contributed by atoms with van der Waals surface area (Å²) < 4.78 is 33.3. The van der Waals surface area contributed by atoms with Crippen molar-refractivity contribution in [3.8, 4) is 11.8 Å². The highest BCUT2D eigenvalue weighted by Gasteiger charge is 2.65. The van der Waals surface area contributed by atoms with E-state index in [0.717, 1.165) is 0 Å². The molecular formula is C16H16F2O4. The Morgan fingerprint density at radius 3 is 2.50 bits per heavy atom. The zero-order chi connectivity index (χ0) is 16.8. The molecule has 22 heavy (non-hydrogen) atoms. The molecule has 0 heterocycles. The van der Waals surface area contributed by atoms with Gasteiger partial charge in [-0.3, -0.25) is 0 Å². The molecule has 6 heteroatoms. The van der Waals surface area contributed by atoms with E-state index in [0.29, 0.717) is 0 Å². The standard InChI is InChI=1S/C16H16F2O4/c1-14(2,3)22-12(19)8-9-15(21)11-7-5-4-6-10(11)13(20)16(15,17)18/h4-7,13,20-21H,1-3H3/t13-,15+/m0/s1. The maximum absolute atomic E-state index is 14.2. The second-order valence-corrected chi connectivity index (χ2v) is 6.08. The van der Waals surface area contributed by atoms with Crippen molar-refractivity contribution in [3.63, 3.8) is 0 Å². The lowest BCUT2D eigenvalue weighted by molar-refractivity contribution is -0.197. The lowest BCUT2D eigenvalue weighted by Crippen LogP contribution is -2.43. The SMILES string of the molecule is CC(C)(C)OC(=O)C#C[C@@]1(O)c2ccccc2[C@H](O)C1(F)F. The maximum atomic E-state index is 14.2. The Morgan fingerprint density at radius 1 is 1.32 bits per heavy atom. The van der Waals surface area contributed by atoms with E-state index in [-0.39, 0.29) is 11.1 Å². The average molecular weight is 310 g/mol. The number of hydrogen-bond acceptors (Lipinski definition) is 4. The van der Waals surface area contributed by atoms with E-state index in [1.54, 1.807) is 20.8 Å². The predicted molar refractivity (Wildman–Crippen MR) is 73.9 cm³/mol. The zero-order valence-corrected chi connectivity index (χ0v) is 12.4. The summed E-state index contributed by atoms with van der Waals surface area (Å²) in [7, 11) is 0. The van der Waals surface area contributed by atoms with Gasteiger partial charge in [-0.1, -0.05) is 24.3 Å². The van der Waals surface area contributed by atoms with Crippen molar-refractivity contribution < 1.29 is 28.5 Å². The summed E-state index contributed by atoms with van der Waals surface area (Å²) in [6, 6.07) is 5.42. The predicted octanol–water partition coefficient (Wildman–Crippen LogP) is 1.90. The number of carbonyl (C=O) groups excluding carboxylic acids is 1. The minimum absolute atomic E-state index is 0.117. The first-order valence-electron chi connectivity index (χ1n) is 6.63. The van der Waals surface area contributed by atoms with Gasteiger partial charge in [-0.15, -0.1) is 0 Å². The lowest BCUT2D eigenvalue weighted by Gasteiger charge is -2.26. The van der Waals surface area contributed by atoms with Crippen LogP contribution in [0, 0.1) is 11.8 Å². The van der Waals surface area contributed by atoms with E-state index in [1.807, 2.05) is 11.8 Å². The van der Waals surface area contributed by atoms with Crippen molar-refractivity contribution >= 4 is 5.97 Å². The van der Waals surface area contributed by atoms with Crippen LogP contribution in [0.4, 0.5) is 8.78 Å². The number of aliphatic hydroxyl groups is 2. The molecular weight excluding hydrogens is 294 g/mol. The summed E-state index contributed by atoms with van der Waals surface area (Å²) in [5, 5.41) is 20.0. The third-order valence-corrected chi connectivity index (χ3v) is 3.22. The highest BCUT2D eigenvalue weighted by atomic mass is 19.3. The van der Waals surface area contributed by atoms with Crippen molar-refractivity contribution in [1.82, 2.24) is 0 Å². The minimum atomic E-state index is -3.94. The Hall–Kier alpha value is -1.97. The molecule has 0 bridgehead atoms. The van der Waals surface area contributed by atoms with Gasteiger partial charge in [0.1, 0.15) is 11.7 Å². The molecule has 0 aromatic heterocycles. The van der Waals surface area contributed by atoms with Crippen LogP contribution in [-0.2, 0) is 15.1 Å². The fraction of sp³-hybridized carbons (Fsp3) is 0.438. The smallest absolute Gasteiger partial charge is 0.384 e. The summed E-state index contributed by atoms with van der Waals surface area (Å²) in [6.07, 6.45) is -2.19. The van der Waals surface area contributed by atoms with Gasteiger partial charge in [0, 0.05) is 11.5 Å². The molecule has 4 nitrogen and oxygen atoms in total. The van der Waals surface area contributed by atoms with Crippen LogP contribution in [0.3, 0.4) is 0 Å². The summed E-state index contributed by atoms with van der Waals surface area (Å²) in [5.74, 6) is -1.21. The van der Waals surface area contributed by atoms with Crippen LogP contribution >= 0.6 is 0 Å². The molecule has 0 saturated carbocycles. The number of hydrogen-bond donors (Lipinski definition) is 2. The van der Waals surface area contributed by atoms with E-state index in [9.17, 15) is 23.8 Å². The maximum Gasteiger partial charge on any atom is 0.384 e. The van der Waals surface area contributed by atoms with Crippen LogP contribution in [0.1, 0.15) is 38.0 Å². The molecule has 0 fully saturated rings. The van der Waals surface area contributed by atoms with Gasteiger partial charge in [-0.25, -0.2) is 4.79 Å². The van der Waals surface area contributed by atoms with E-state index in [2.05, 4.69) is 0 Å². The van der Waals surface area contributed by atoms with Gasteiger partial charge >= 0.3 is 11.9 Å². The number of fused-ring (bicyclic) bond motifs is 1. The molecule has 0 aliphatic heterocycles. The Kier molecular flexibility index (Phi) is 3.76. The number of ether oxygens (including phenoxy) is 1. The quantitative estimate of drug-likeness (QED) is 0.436. The Balaban J connectivity index is 2.43. The van der Waals surface area contributed by atoms with Crippen molar-refractivity contribution in [1.29, 1.82) is 0 Å². The summed E-state index contributed by atoms with van der Waals surface area (Å²) in [4.78, 5) is 11.5. The van der Waals surface area contributed by atoms with Crippen LogP contribution in [0.5, 0.6) is 0 Å². The molecule has 2 rings (SSSR count). The van der Waals surface area contributed by atoms with Crippen LogP contribution in [0.25, 0.3) is 0 Å². The number of aliphatic hydroxyl groups excluding tert-OH is 1. The number of carbonyl (C=O) groups is 1. The van der Waals surface area contributed by atoms with Gasteiger partial charge < -0.3 is 14.9 Å². The molecule has 1 aliphatic rings. The van der Waals surface area contributed by atoms with Crippen molar-refractivity contribution in [3.05, 3.63) is 35.4 Å². The van der Waals surface area contributed by atoms with E-state index >= 15 is 0 Å². The van der Waals surface area contributed by atoms with Crippen molar-refractivity contribution in [2.24, 2.45) is 0 Å². The van der Waals surface area contributed by atoms with Gasteiger partial charge in [0.2, 0.25) is 5.60 Å². The highest BCUT2D eigenvalue weighted by molar-refractivity contribution is 5.89. The number of benzene rings is 1. The Morgan fingerprint density at radius 2 is 1.91 bits per heavy atom. The van der Waals surface area contributed by atoms with Gasteiger partial charge in [-0.2, -0.15) is 8.78 Å². The van der Waals surface area contributed by atoms with Crippen molar-refractivity contribution in [2.45, 2.75) is 44.0 Å². The second-order valence-electron chi connectivity index (χ2n) is 6.08. The summed E-state index contributed by atoms with van der Waals surface area (Å²) >= 11 is 0. The first-order chi connectivity index (χ1) is 9.99. The Bertz CT molecular complexity index is 667. The number of rotatable bonds is 0. The number of alkyl halides is 2. The van der Waals surface area contributed by atoms with Gasteiger partial charge in [0.05, 0.1) is 0 Å². The average Bonchev–Trinajstić information content (AvgIpc) is 2.55. The van der Waals surface area contributed by atoms with E-state index in [4.69, 9.17) is 4.74 Å². The molecule has 2 N–H and O–H groups in total. The van der Waals surface area contributed by atoms with Crippen molar-refractivity contribution in [2.75, 3.05) is 0 Å². The van der Waals surface area contributed by atoms with Gasteiger partial charge in [0.25, 0.3) is 0 Å². The Labute approximate surface area is 126 Å². The lowest BCUT2D eigenvalue weighted by atomic mass is 9.94. The first-order valence-corrected chi connectivity index (χ1v) is 6.63. The third-order valence-electron chi connectivity index (χ3n) is 3.22. The van der Waals surface area contributed by atoms with Crippen LogP contribution in [0.15, 0.2) is 24.3 Å². The zero-order valence-electron chi connectivity index (χ0n) is 12.4. The monoisotopic (exact) mass is 310 g/mol. The molecule has 118 valence electrons. The number of esters is 1. The highest BCUT2D eigenvalue weighted by Crippen LogP contribution is 2.53. The van der Waals surface area contributed by atoms with E-state index in [1.165, 1.54) is 24.3 Å². The molecule has 1 aromatic rings. The molecule has 0 spiro atoms. The van der Waals surface area contributed by atoms with Gasteiger partial charge in [0.15, 0.2) is 0 Å². The normalized spacial score (nSPS) is 25.9. The fourth-order valence-electron chi connectivity index (χ4n) is 2.23. The van der Waals surface area contributed by atoms with Crippen LogP contribution in [-0.4, -0.2) is 27.7 Å². The fourth-order valence-corrected chi connectivity index (χ4v) is 2.23. The van der Waals surface area contributed by atoms with Crippen LogP contribution < -0.4 is 0 Å². The van der Waals surface area contributed by atoms with Crippen LogP contribution in [0.2, 0.25) is 0 Å². The van der Waals surface area contributed by atoms with Gasteiger partial charge in [-0.05, 0) is 32.3 Å². The molecule has 1 aromatic carbocycles. The molecule has 0 unspecified atom stereocenters. The molecule has 0 radical (unpaired) electrons. The minimum Gasteiger partial charge on any atom is -0.450 e. The topological polar surface area (TPSA) is 66.8 Å². The molecule has 0 saturated heterocycles. The first kappa shape index (κ1) is 16.4. The second kappa shape index (κ2) is 5.04. The summed E-state index contributed by atoms with van der Waals surface area (Å²) in [5.41, 5.74) is -4.11. The molecule has 0 amide bonds. The number of halogens is 2. The molecule has 2 atom stereocenters. The summed E-state index contributed by atoms with van der Waals surface area (Å²) in [6.45, 7) is 4.81. The third kappa shape index (κ3) is 2.58.